The van der Waals surface area contributed by atoms with Gasteiger partial charge in [0.2, 0.25) is 5.88 Å². The molecule has 0 spiro atoms. The predicted molar refractivity (Wildman–Crippen MR) is 93.9 cm³/mol. The van der Waals surface area contributed by atoms with Crippen molar-refractivity contribution >= 4 is 0 Å². The highest BCUT2D eigenvalue weighted by Gasteiger charge is 2.33. The number of aromatic hydroxyl groups is 1. The number of aromatic amines is 1. The molecule has 0 amide bonds. The van der Waals surface area contributed by atoms with Gasteiger partial charge in [-0.1, -0.05) is 43.5 Å². The monoisotopic (exact) mass is 342 g/mol. The summed E-state index contributed by atoms with van der Waals surface area (Å²) < 4.78 is 1.42. The maximum Gasteiger partial charge on any atom is 0.331 e. The maximum atomic E-state index is 12.6. The molecule has 6 heteroatoms. The van der Waals surface area contributed by atoms with Crippen LogP contribution in [0.5, 0.6) is 5.88 Å². The summed E-state index contributed by atoms with van der Waals surface area (Å²) in [4.78, 5) is 27.4. The molecule has 1 saturated carbocycles. The highest BCUT2D eigenvalue weighted by atomic mass is 16.3. The van der Waals surface area contributed by atoms with Crippen LogP contribution in [0.15, 0.2) is 33.9 Å². The van der Waals surface area contributed by atoms with Gasteiger partial charge < -0.3 is 10.4 Å². The fourth-order valence-corrected chi connectivity index (χ4v) is 4.38. The number of nitrogens with zero attached hydrogens (tertiary/aromatic N) is 1. The Morgan fingerprint density at radius 2 is 1.88 bits per heavy atom. The van der Waals surface area contributed by atoms with Crippen LogP contribution in [-0.4, -0.2) is 21.2 Å². The van der Waals surface area contributed by atoms with Crippen LogP contribution in [0.1, 0.15) is 60.9 Å². The number of aromatic nitrogens is 2. The van der Waals surface area contributed by atoms with Gasteiger partial charge in [-0.25, -0.2) is 4.79 Å². The predicted octanol–water partition coefficient (Wildman–Crippen LogP) is 0.956. The van der Waals surface area contributed by atoms with Crippen molar-refractivity contribution in [1.29, 1.82) is 0 Å². The zero-order chi connectivity index (χ0) is 17.4. The largest absolute Gasteiger partial charge is 0.494 e. The molecule has 4 N–H and O–H groups in total. The first-order valence-electron chi connectivity index (χ1n) is 9.15. The van der Waals surface area contributed by atoms with Crippen LogP contribution < -0.4 is 16.6 Å². The number of hydrogen-bond acceptors (Lipinski definition) is 3. The third-order valence-corrected chi connectivity index (χ3v) is 5.61. The molecule has 2 aliphatic rings. The second-order valence-electron chi connectivity index (χ2n) is 7.11. The summed E-state index contributed by atoms with van der Waals surface area (Å²) in [6, 6.07) is 7.71. The standard InChI is InChI=1S/C19H23N3O3/c23-17-15(16-14-9-5-4-6-12(14)10-11-20-16)18(24)22(19(25)21-17)13-7-2-1-3-8-13/h4-6,9,13,16,20,24H,1-3,7-8,10-11H2,(H,21,23,25)/p+1/t16-/m0/s1. The fourth-order valence-electron chi connectivity index (χ4n) is 4.38. The van der Waals surface area contributed by atoms with Gasteiger partial charge in [-0.2, -0.15) is 0 Å². The highest BCUT2D eigenvalue weighted by Crippen LogP contribution is 2.33. The molecule has 1 aliphatic heterocycles. The Balaban J connectivity index is 1.86. The number of H-pyrrole nitrogens is 1. The van der Waals surface area contributed by atoms with Crippen molar-refractivity contribution < 1.29 is 10.4 Å². The Bertz CT molecular complexity index is 894. The van der Waals surface area contributed by atoms with E-state index in [9.17, 15) is 14.7 Å². The third kappa shape index (κ3) is 2.80. The average Bonchev–Trinajstić information content (AvgIpc) is 2.62. The van der Waals surface area contributed by atoms with E-state index in [-0.39, 0.29) is 18.0 Å². The van der Waals surface area contributed by atoms with E-state index >= 15 is 0 Å². The van der Waals surface area contributed by atoms with E-state index in [0.29, 0.717) is 5.56 Å². The molecule has 2 aromatic rings. The molecule has 1 atom stereocenters. The third-order valence-electron chi connectivity index (χ3n) is 5.61. The summed E-state index contributed by atoms with van der Waals surface area (Å²) in [6.07, 6.45) is 5.92. The second-order valence-corrected chi connectivity index (χ2v) is 7.11. The van der Waals surface area contributed by atoms with E-state index < -0.39 is 11.2 Å². The minimum Gasteiger partial charge on any atom is -0.494 e. The summed E-state index contributed by atoms with van der Waals surface area (Å²) in [5, 5.41) is 13.0. The quantitative estimate of drug-likeness (QED) is 0.759. The summed E-state index contributed by atoms with van der Waals surface area (Å²) in [5.74, 6) is -0.154. The van der Waals surface area contributed by atoms with E-state index in [0.717, 1.165) is 50.6 Å². The number of rotatable bonds is 2. The lowest BCUT2D eigenvalue weighted by molar-refractivity contribution is -0.690. The van der Waals surface area contributed by atoms with Crippen molar-refractivity contribution in [3.05, 3.63) is 61.8 Å². The Labute approximate surface area is 145 Å². The molecule has 0 bridgehead atoms. The van der Waals surface area contributed by atoms with Crippen LogP contribution in [-0.2, 0) is 6.42 Å². The molecule has 6 nitrogen and oxygen atoms in total. The molecule has 1 fully saturated rings. The molecule has 1 aliphatic carbocycles. The lowest BCUT2D eigenvalue weighted by atomic mass is 9.90. The topological polar surface area (TPSA) is 91.7 Å². The van der Waals surface area contributed by atoms with Crippen LogP contribution in [0.4, 0.5) is 0 Å². The summed E-state index contributed by atoms with van der Waals surface area (Å²) in [7, 11) is 0. The van der Waals surface area contributed by atoms with Gasteiger partial charge in [0.05, 0.1) is 6.54 Å². The number of nitrogens with one attached hydrogen (secondary N) is 1. The SMILES string of the molecule is O=c1[nH]c(=O)n(C2CCCCC2)c(O)c1[C@H]1[NH2+]CCc2ccccc21. The van der Waals surface area contributed by atoms with Gasteiger partial charge in [0, 0.05) is 18.0 Å². The molecule has 1 aromatic heterocycles. The molecular weight excluding hydrogens is 318 g/mol. The molecule has 132 valence electrons. The van der Waals surface area contributed by atoms with Gasteiger partial charge in [0.1, 0.15) is 11.6 Å². The van der Waals surface area contributed by atoms with E-state index in [1.54, 1.807) is 0 Å². The molecule has 0 saturated heterocycles. The van der Waals surface area contributed by atoms with E-state index in [2.05, 4.69) is 16.4 Å². The van der Waals surface area contributed by atoms with E-state index in [4.69, 9.17) is 0 Å². The Kier molecular flexibility index (Phi) is 4.21. The highest BCUT2D eigenvalue weighted by molar-refractivity contribution is 5.39. The van der Waals surface area contributed by atoms with Gasteiger partial charge in [-0.05, 0) is 18.4 Å². The number of benzene rings is 1. The molecule has 25 heavy (non-hydrogen) atoms. The normalized spacial score (nSPS) is 21.0. The lowest BCUT2D eigenvalue weighted by Crippen LogP contribution is -2.87. The zero-order valence-electron chi connectivity index (χ0n) is 14.2. The summed E-state index contributed by atoms with van der Waals surface area (Å²) in [5.41, 5.74) is 1.57. The van der Waals surface area contributed by atoms with Gasteiger partial charge in [0.15, 0.2) is 0 Å². The first-order valence-corrected chi connectivity index (χ1v) is 9.15. The Hall–Kier alpha value is -2.34. The van der Waals surface area contributed by atoms with E-state index in [1.807, 2.05) is 18.2 Å². The molecule has 4 rings (SSSR count). The number of nitrogens with two attached hydrogens (primary N) is 1. The number of fused-ring (bicyclic) bond motifs is 1. The Morgan fingerprint density at radius 1 is 1.12 bits per heavy atom. The molecule has 0 radical (unpaired) electrons. The van der Waals surface area contributed by atoms with Crippen molar-refractivity contribution in [1.82, 2.24) is 9.55 Å². The van der Waals surface area contributed by atoms with Gasteiger partial charge in [0.25, 0.3) is 5.56 Å². The van der Waals surface area contributed by atoms with Crippen LogP contribution in [0.2, 0.25) is 0 Å². The summed E-state index contributed by atoms with van der Waals surface area (Å²) >= 11 is 0. The van der Waals surface area contributed by atoms with Crippen LogP contribution >= 0.6 is 0 Å². The molecule has 2 heterocycles. The Morgan fingerprint density at radius 3 is 2.68 bits per heavy atom. The van der Waals surface area contributed by atoms with Crippen molar-refractivity contribution in [2.45, 2.75) is 50.6 Å². The first kappa shape index (κ1) is 16.1. The first-order chi connectivity index (χ1) is 12.2. The smallest absolute Gasteiger partial charge is 0.331 e. The van der Waals surface area contributed by atoms with Crippen molar-refractivity contribution in [2.75, 3.05) is 6.54 Å². The molecule has 1 aromatic carbocycles. The van der Waals surface area contributed by atoms with Gasteiger partial charge >= 0.3 is 5.69 Å². The summed E-state index contributed by atoms with van der Waals surface area (Å²) in [6.45, 7) is 0.850. The molecular formula is C19H24N3O3+. The zero-order valence-corrected chi connectivity index (χ0v) is 14.2. The van der Waals surface area contributed by atoms with Crippen molar-refractivity contribution in [3.8, 4) is 5.88 Å². The number of hydrogen-bond donors (Lipinski definition) is 3. The fraction of sp³-hybridized carbons (Fsp3) is 0.474. The van der Waals surface area contributed by atoms with Crippen LogP contribution in [0.25, 0.3) is 0 Å². The van der Waals surface area contributed by atoms with Gasteiger partial charge in [-0.3, -0.25) is 14.3 Å². The van der Waals surface area contributed by atoms with Crippen molar-refractivity contribution in [3.63, 3.8) is 0 Å². The maximum absolute atomic E-state index is 12.6. The van der Waals surface area contributed by atoms with Crippen LogP contribution in [0, 0.1) is 0 Å². The minimum absolute atomic E-state index is 0.0318. The van der Waals surface area contributed by atoms with Crippen LogP contribution in [0.3, 0.4) is 0 Å². The average molecular weight is 342 g/mol. The van der Waals surface area contributed by atoms with E-state index in [1.165, 1.54) is 10.1 Å². The number of quaternary nitrogens is 1. The second kappa shape index (κ2) is 6.52. The van der Waals surface area contributed by atoms with Crippen molar-refractivity contribution in [2.24, 2.45) is 0 Å². The molecule has 0 unspecified atom stereocenters. The van der Waals surface area contributed by atoms with Gasteiger partial charge in [-0.15, -0.1) is 0 Å². The lowest BCUT2D eigenvalue weighted by Gasteiger charge is -2.28. The minimum atomic E-state index is -0.498.